The Morgan fingerprint density at radius 2 is 2.00 bits per heavy atom. The SMILES string of the molecule is C#C[N-].[H+].[Li]. The molecule has 0 aromatic heterocycles. The molecule has 0 rings (SSSR count). The molecule has 1 nitrogen and oxygen atoms in total. The molecule has 0 aliphatic rings. The fraction of sp³-hybridized carbons (Fsp3) is 0. The molecule has 2 radical (unpaired) electrons. The minimum atomic E-state index is 0. The van der Waals surface area contributed by atoms with E-state index in [2.05, 4.69) is 6.42 Å². The van der Waals surface area contributed by atoms with E-state index in [1.54, 1.807) is 0 Å². The fourth-order valence-electron chi connectivity index (χ4n) is 0. The topological polar surface area (TPSA) is 22.3 Å². The predicted molar refractivity (Wildman–Crippen MR) is 19.1 cm³/mol. The molecule has 0 spiro atoms. The second-order valence-corrected chi connectivity index (χ2v) is 0.129. The molecule has 0 N–H and O–H groups in total. The molecule has 0 aromatic rings. The third-order valence-electron chi connectivity index (χ3n) is 0. The van der Waals surface area contributed by atoms with Gasteiger partial charge in [-0.1, -0.05) is 0 Å². The molecule has 0 aromatic carbocycles. The summed E-state index contributed by atoms with van der Waals surface area (Å²) in [5.41, 5.74) is 7.10. The Morgan fingerprint density at radius 1 is 2.00 bits per heavy atom. The van der Waals surface area contributed by atoms with Crippen LogP contribution in [0.15, 0.2) is 0 Å². The first kappa shape index (κ1) is 9.03. The smallest absolute Gasteiger partial charge is 0.756 e. The van der Waals surface area contributed by atoms with Gasteiger partial charge in [0.05, 0.1) is 0 Å². The van der Waals surface area contributed by atoms with Crippen LogP contribution in [0, 0.1) is 12.5 Å². The Balaban J connectivity index is -0.0000000200. The van der Waals surface area contributed by atoms with Crippen LogP contribution in [0.25, 0.3) is 5.73 Å². The van der Waals surface area contributed by atoms with E-state index in [4.69, 9.17) is 5.73 Å². The second-order valence-electron chi connectivity index (χ2n) is 0.129. The zero-order valence-corrected chi connectivity index (χ0v) is 2.52. The van der Waals surface area contributed by atoms with Crippen LogP contribution in [0.1, 0.15) is 1.43 Å². The normalized spacial score (nSPS) is 1.75. The van der Waals surface area contributed by atoms with Gasteiger partial charge in [-0.15, -0.1) is 6.42 Å². The third kappa shape index (κ3) is 989. The predicted octanol–water partition coefficient (Wildman–Crippen LogP) is 0.147. The van der Waals surface area contributed by atoms with E-state index < -0.39 is 0 Å². The maximum Gasteiger partial charge on any atom is 1.00 e. The van der Waals surface area contributed by atoms with Crippen molar-refractivity contribution in [3.05, 3.63) is 5.73 Å². The summed E-state index contributed by atoms with van der Waals surface area (Å²) in [6.07, 6.45) is 4.15. The molecule has 0 atom stereocenters. The molecule has 0 saturated heterocycles. The summed E-state index contributed by atoms with van der Waals surface area (Å²) in [7, 11) is 0. The maximum atomic E-state index is 7.10. The molecule has 0 aliphatic heterocycles. The van der Waals surface area contributed by atoms with Crippen LogP contribution in [-0.2, 0) is 0 Å². The summed E-state index contributed by atoms with van der Waals surface area (Å²) >= 11 is 0. The van der Waals surface area contributed by atoms with Gasteiger partial charge in [0.15, 0.2) is 0 Å². The minimum Gasteiger partial charge on any atom is -0.756 e. The van der Waals surface area contributed by atoms with Gasteiger partial charge >= 0.3 is 1.43 Å². The maximum absolute atomic E-state index is 7.10. The van der Waals surface area contributed by atoms with Gasteiger partial charge in [-0.3, -0.25) is 0 Å². The van der Waals surface area contributed by atoms with Crippen molar-refractivity contribution in [3.8, 4) is 12.5 Å². The van der Waals surface area contributed by atoms with Gasteiger partial charge in [-0.2, -0.15) is 0 Å². The molecule has 0 bridgehead atoms. The van der Waals surface area contributed by atoms with Crippen molar-refractivity contribution < 1.29 is 1.43 Å². The number of nitrogens with zero attached hydrogens (tertiary/aromatic N) is 1. The Bertz CT molecular complexity index is 31.1. The molecule has 0 amide bonds. The summed E-state index contributed by atoms with van der Waals surface area (Å²) in [5, 5.41) is 0. The Morgan fingerprint density at radius 3 is 2.00 bits per heavy atom. The molecule has 2 heteroatoms. The standard InChI is InChI=1S/C2HN.Li/c1-2-3;/h1H;/q-1;/p+1. The summed E-state index contributed by atoms with van der Waals surface area (Å²) < 4.78 is 0. The quantitative estimate of drug-likeness (QED) is 0.274. The first-order valence-electron chi connectivity index (χ1n) is 0.512. The van der Waals surface area contributed by atoms with Crippen LogP contribution in [0.4, 0.5) is 0 Å². The van der Waals surface area contributed by atoms with Crippen LogP contribution in [-0.4, -0.2) is 18.9 Å². The van der Waals surface area contributed by atoms with Crippen LogP contribution >= 0.6 is 0 Å². The van der Waals surface area contributed by atoms with Crippen LogP contribution in [0.3, 0.4) is 0 Å². The number of hydrogen-bond acceptors (Lipinski definition) is 0. The largest absolute Gasteiger partial charge is 1.00 e. The molecule has 0 heterocycles. The van der Waals surface area contributed by atoms with E-state index in [9.17, 15) is 0 Å². The molecule has 16 valence electrons. The Labute approximate surface area is 39.2 Å². The first-order valence-corrected chi connectivity index (χ1v) is 0.512. The summed E-state index contributed by atoms with van der Waals surface area (Å²) in [5.74, 6) is 0. The summed E-state index contributed by atoms with van der Waals surface area (Å²) in [4.78, 5) is 0. The zero-order chi connectivity index (χ0) is 2.71. The van der Waals surface area contributed by atoms with E-state index in [0.29, 0.717) is 0 Å². The van der Waals surface area contributed by atoms with Gasteiger partial charge in [0, 0.05) is 18.9 Å². The number of terminal acetylenes is 1. The van der Waals surface area contributed by atoms with Crippen molar-refractivity contribution in [2.24, 2.45) is 0 Å². The molecule has 0 saturated carbocycles. The van der Waals surface area contributed by atoms with Crippen molar-refractivity contribution in [2.75, 3.05) is 0 Å². The van der Waals surface area contributed by atoms with Gasteiger partial charge in [-0.25, -0.2) is 6.04 Å². The van der Waals surface area contributed by atoms with Crippen LogP contribution in [0.5, 0.6) is 0 Å². The average molecular weight is 47.0 g/mol. The van der Waals surface area contributed by atoms with E-state index in [0.717, 1.165) is 0 Å². The Kier molecular flexibility index (Phi) is 27.9. The monoisotopic (exact) mass is 47.0 g/mol. The molecule has 0 fully saturated rings. The first-order chi connectivity index (χ1) is 1.41. The van der Waals surface area contributed by atoms with E-state index in [1.165, 1.54) is 6.04 Å². The van der Waals surface area contributed by atoms with Gasteiger partial charge in [0.2, 0.25) is 0 Å². The van der Waals surface area contributed by atoms with E-state index in [1.807, 2.05) is 0 Å². The summed E-state index contributed by atoms with van der Waals surface area (Å²) in [6, 6.07) is 1.25. The molecular weight excluding hydrogens is 45.0 g/mol. The average Bonchev–Trinajstić information content (AvgIpc) is 0.918. The molecule has 0 aliphatic carbocycles. The van der Waals surface area contributed by atoms with Crippen molar-refractivity contribution in [1.29, 1.82) is 0 Å². The van der Waals surface area contributed by atoms with Crippen molar-refractivity contribution in [3.63, 3.8) is 0 Å². The zero-order valence-electron chi connectivity index (χ0n) is 3.52. The fourth-order valence-corrected chi connectivity index (χ4v) is 0. The van der Waals surface area contributed by atoms with Crippen molar-refractivity contribution >= 4 is 18.9 Å². The van der Waals surface area contributed by atoms with Crippen molar-refractivity contribution in [1.82, 2.24) is 0 Å². The van der Waals surface area contributed by atoms with Gasteiger partial charge in [0.1, 0.15) is 0 Å². The molecule has 0 unspecified atom stereocenters. The van der Waals surface area contributed by atoms with Gasteiger partial charge in [-0.05, 0) is 0 Å². The molecule has 4 heavy (non-hydrogen) atoms. The van der Waals surface area contributed by atoms with Crippen molar-refractivity contribution in [2.45, 2.75) is 0 Å². The number of hydrogen-bond donors (Lipinski definition) is 0. The third-order valence-corrected chi connectivity index (χ3v) is 0. The molecular formula is C2H2LiN. The summed E-state index contributed by atoms with van der Waals surface area (Å²) in [6.45, 7) is 0. The van der Waals surface area contributed by atoms with Gasteiger partial charge in [0.25, 0.3) is 0 Å². The van der Waals surface area contributed by atoms with Crippen LogP contribution < -0.4 is 0 Å². The second kappa shape index (κ2) is 12.4. The van der Waals surface area contributed by atoms with E-state index >= 15 is 0 Å². The number of rotatable bonds is 0. The van der Waals surface area contributed by atoms with Gasteiger partial charge < -0.3 is 5.73 Å². The van der Waals surface area contributed by atoms with Crippen LogP contribution in [0.2, 0.25) is 0 Å². The van der Waals surface area contributed by atoms with E-state index in [-0.39, 0.29) is 20.3 Å². The Hall–Kier alpha value is -0.0426. The minimum absolute atomic E-state index is 0.